The van der Waals surface area contributed by atoms with E-state index in [0.717, 1.165) is 5.56 Å². The lowest BCUT2D eigenvalue weighted by atomic mass is 10.2. The molecule has 14 heteroatoms. The van der Waals surface area contributed by atoms with Crippen molar-refractivity contribution in [2.24, 2.45) is 0 Å². The summed E-state index contributed by atoms with van der Waals surface area (Å²) < 4.78 is 19.0. The molecule has 206 valence electrons. The molecular formula is C26H27N9O5. The minimum atomic E-state index is -0.442. The molecule has 0 unspecified atom stereocenters. The first kappa shape index (κ1) is 25.6. The number of carbonyl (C=O) groups is 2. The van der Waals surface area contributed by atoms with Gasteiger partial charge in [0.2, 0.25) is 17.6 Å². The topological polar surface area (TPSA) is 163 Å². The Hall–Kier alpha value is -4.72. The molecule has 0 radical (unpaired) electrons. The maximum atomic E-state index is 13.2. The molecule has 2 atom stereocenters. The fraction of sp³-hybridized carbons (Fsp3) is 0.385. The van der Waals surface area contributed by atoms with Crippen LogP contribution in [0.15, 0.2) is 53.6 Å². The van der Waals surface area contributed by atoms with Gasteiger partial charge in [-0.3, -0.25) is 14.6 Å². The predicted molar refractivity (Wildman–Crippen MR) is 137 cm³/mol. The van der Waals surface area contributed by atoms with E-state index >= 15 is 0 Å². The lowest BCUT2D eigenvalue weighted by molar-refractivity contribution is -0.130. The van der Waals surface area contributed by atoms with E-state index in [-0.39, 0.29) is 30.5 Å². The number of likely N-dealkylation sites (tertiary alicyclic amines) is 1. The van der Waals surface area contributed by atoms with Crippen molar-refractivity contribution in [3.8, 4) is 17.1 Å². The number of aryl methyl sites for hydroxylation is 1. The number of hydrogen-bond donors (Lipinski definition) is 1. The molecular weight excluding hydrogens is 518 g/mol. The van der Waals surface area contributed by atoms with Gasteiger partial charge in [0.1, 0.15) is 12.3 Å². The SMILES string of the molecule is O=C1N[C@H]2CN(C(=O)CCCc3nc(-c4ccncc4)no3)C[C@@H]2OCc2cn(nn2)CCOc2cccnc21. The summed E-state index contributed by atoms with van der Waals surface area (Å²) in [5, 5.41) is 15.3. The summed E-state index contributed by atoms with van der Waals surface area (Å²) in [6.07, 6.45) is 7.51. The van der Waals surface area contributed by atoms with E-state index in [9.17, 15) is 9.59 Å². The Labute approximate surface area is 228 Å². The third-order valence-corrected chi connectivity index (χ3v) is 6.72. The molecule has 0 aromatic carbocycles. The zero-order chi connectivity index (χ0) is 27.3. The Morgan fingerprint density at radius 1 is 1.15 bits per heavy atom. The minimum absolute atomic E-state index is 0.0510. The number of hydrogen-bond acceptors (Lipinski definition) is 11. The molecule has 40 heavy (non-hydrogen) atoms. The molecule has 2 aliphatic heterocycles. The van der Waals surface area contributed by atoms with Gasteiger partial charge >= 0.3 is 0 Å². The summed E-state index contributed by atoms with van der Waals surface area (Å²) in [5.74, 6) is 0.877. The van der Waals surface area contributed by atoms with Crippen LogP contribution < -0.4 is 10.1 Å². The average Bonchev–Trinajstić information content (AvgIpc) is 3.73. The highest BCUT2D eigenvalue weighted by Crippen LogP contribution is 2.21. The Kier molecular flexibility index (Phi) is 7.39. The van der Waals surface area contributed by atoms with Crippen molar-refractivity contribution in [1.82, 2.24) is 45.3 Å². The Balaban J connectivity index is 1.10. The monoisotopic (exact) mass is 545 g/mol. The van der Waals surface area contributed by atoms with Gasteiger partial charge in [0.15, 0.2) is 11.4 Å². The third-order valence-electron chi connectivity index (χ3n) is 6.72. The normalized spacial score (nSPS) is 19.2. The summed E-state index contributed by atoms with van der Waals surface area (Å²) >= 11 is 0. The second kappa shape index (κ2) is 11.6. The van der Waals surface area contributed by atoms with Gasteiger partial charge in [-0.2, -0.15) is 4.98 Å². The summed E-state index contributed by atoms with van der Waals surface area (Å²) in [4.78, 5) is 40.6. The van der Waals surface area contributed by atoms with E-state index in [4.69, 9.17) is 14.0 Å². The molecule has 0 spiro atoms. The summed E-state index contributed by atoms with van der Waals surface area (Å²) in [6.45, 7) is 1.57. The lowest BCUT2D eigenvalue weighted by Gasteiger charge is -2.20. The summed E-state index contributed by atoms with van der Waals surface area (Å²) in [7, 11) is 0. The predicted octanol–water partition coefficient (Wildman–Crippen LogP) is 1.06. The maximum absolute atomic E-state index is 13.2. The summed E-state index contributed by atoms with van der Waals surface area (Å²) in [6, 6.07) is 6.57. The largest absolute Gasteiger partial charge is 0.489 e. The molecule has 14 nitrogen and oxygen atoms in total. The van der Waals surface area contributed by atoms with E-state index in [2.05, 4.69) is 35.7 Å². The summed E-state index contributed by atoms with van der Waals surface area (Å²) in [5.41, 5.74) is 1.64. The van der Waals surface area contributed by atoms with Gasteiger partial charge < -0.3 is 24.2 Å². The van der Waals surface area contributed by atoms with E-state index in [1.165, 1.54) is 6.20 Å². The van der Waals surface area contributed by atoms with Crippen molar-refractivity contribution in [2.45, 2.75) is 44.6 Å². The maximum Gasteiger partial charge on any atom is 0.274 e. The molecule has 2 aliphatic rings. The molecule has 0 aliphatic carbocycles. The molecule has 1 saturated heterocycles. The molecule has 0 saturated carbocycles. The van der Waals surface area contributed by atoms with Crippen molar-refractivity contribution in [3.05, 3.63) is 66.3 Å². The number of aromatic nitrogens is 7. The zero-order valence-electron chi connectivity index (χ0n) is 21.5. The average molecular weight is 546 g/mol. The van der Waals surface area contributed by atoms with Crippen LogP contribution in [0.2, 0.25) is 0 Å². The first-order valence-electron chi connectivity index (χ1n) is 13.0. The van der Waals surface area contributed by atoms with Crippen molar-refractivity contribution in [3.63, 3.8) is 0 Å². The van der Waals surface area contributed by atoms with Crippen LogP contribution in [0, 0.1) is 0 Å². The van der Waals surface area contributed by atoms with Crippen molar-refractivity contribution >= 4 is 11.8 Å². The molecule has 4 aromatic rings. The van der Waals surface area contributed by atoms with Gasteiger partial charge in [-0.25, -0.2) is 9.67 Å². The van der Waals surface area contributed by atoms with E-state index in [0.29, 0.717) is 62.2 Å². The number of fused-ring (bicyclic) bond motifs is 4. The van der Waals surface area contributed by atoms with E-state index < -0.39 is 12.1 Å². The van der Waals surface area contributed by atoms with Gasteiger partial charge in [-0.1, -0.05) is 10.4 Å². The smallest absolute Gasteiger partial charge is 0.274 e. The van der Waals surface area contributed by atoms with Crippen LogP contribution >= 0.6 is 0 Å². The Bertz CT molecular complexity index is 1470. The van der Waals surface area contributed by atoms with Gasteiger partial charge in [0, 0.05) is 50.1 Å². The number of rotatable bonds is 5. The van der Waals surface area contributed by atoms with Crippen LogP contribution in [0.5, 0.6) is 5.75 Å². The molecule has 6 rings (SSSR count). The minimum Gasteiger partial charge on any atom is -0.489 e. The van der Waals surface area contributed by atoms with E-state index in [1.807, 2.05) is 0 Å². The fourth-order valence-corrected chi connectivity index (χ4v) is 4.68. The van der Waals surface area contributed by atoms with Crippen molar-refractivity contribution in [1.29, 1.82) is 0 Å². The van der Waals surface area contributed by atoms with Crippen molar-refractivity contribution < 1.29 is 23.6 Å². The second-order valence-electron chi connectivity index (χ2n) is 9.50. The van der Waals surface area contributed by atoms with Crippen LogP contribution in [0.3, 0.4) is 0 Å². The molecule has 2 amide bonds. The molecule has 1 fully saturated rings. The quantitative estimate of drug-likeness (QED) is 0.381. The van der Waals surface area contributed by atoms with Crippen molar-refractivity contribution in [2.75, 3.05) is 19.7 Å². The van der Waals surface area contributed by atoms with Crippen LogP contribution in [0.1, 0.15) is 34.9 Å². The first-order valence-corrected chi connectivity index (χ1v) is 13.0. The standard InChI is InChI=1S/C26H27N9O5/c36-23(5-1-4-22-30-25(32-40-22)17-6-9-27-10-7-17)34-14-19-21(15-34)39-16-18-13-35(33-31-18)11-12-38-20-3-2-8-28-24(20)26(37)29-19/h2-3,6-10,13,19,21H,1,4-5,11-12,14-16H2,(H,29,37)/t19-,21-/m0/s1. The highest BCUT2D eigenvalue weighted by atomic mass is 16.5. The number of nitrogens with zero attached hydrogens (tertiary/aromatic N) is 8. The van der Waals surface area contributed by atoms with Crippen LogP contribution in [0.25, 0.3) is 11.4 Å². The van der Waals surface area contributed by atoms with Gasteiger partial charge in [0.25, 0.3) is 5.91 Å². The van der Waals surface area contributed by atoms with Gasteiger partial charge in [0.05, 0.1) is 31.5 Å². The third kappa shape index (κ3) is 5.81. The number of pyridine rings is 2. The van der Waals surface area contributed by atoms with Gasteiger partial charge in [-0.15, -0.1) is 5.10 Å². The molecule has 4 aromatic heterocycles. The number of ether oxygens (including phenoxy) is 2. The van der Waals surface area contributed by atoms with Crippen LogP contribution in [0.4, 0.5) is 0 Å². The highest BCUT2D eigenvalue weighted by molar-refractivity contribution is 5.95. The fourth-order valence-electron chi connectivity index (χ4n) is 4.68. The lowest BCUT2D eigenvalue weighted by Crippen LogP contribution is -2.44. The van der Waals surface area contributed by atoms with Crippen LogP contribution in [-0.2, 0) is 29.1 Å². The molecule has 6 heterocycles. The Morgan fingerprint density at radius 3 is 2.95 bits per heavy atom. The molecule has 2 bridgehead atoms. The highest BCUT2D eigenvalue weighted by Gasteiger charge is 2.37. The van der Waals surface area contributed by atoms with Gasteiger partial charge in [-0.05, 0) is 30.7 Å². The zero-order valence-corrected chi connectivity index (χ0v) is 21.5. The number of carbonyl (C=O) groups excluding carboxylic acids is 2. The number of amides is 2. The number of nitrogens with one attached hydrogen (secondary N) is 1. The first-order chi connectivity index (χ1) is 19.6. The Morgan fingerprint density at radius 2 is 2.05 bits per heavy atom. The van der Waals surface area contributed by atoms with Crippen LogP contribution in [-0.4, -0.2) is 83.7 Å². The second-order valence-corrected chi connectivity index (χ2v) is 9.50. The van der Waals surface area contributed by atoms with E-state index in [1.54, 1.807) is 52.4 Å². The molecule has 1 N–H and O–H groups in total.